The molecule has 4 atom stereocenters. The van der Waals surface area contributed by atoms with E-state index >= 15 is 0 Å². The number of alkyl halides is 6. The van der Waals surface area contributed by atoms with E-state index in [4.69, 9.17) is 9.26 Å². The largest absolute Gasteiger partial charge is 0.477 e. The van der Waals surface area contributed by atoms with Gasteiger partial charge in [-0.15, -0.1) is 0 Å². The Morgan fingerprint density at radius 3 is 2.34 bits per heavy atom. The van der Waals surface area contributed by atoms with Gasteiger partial charge in [0.25, 0.3) is 0 Å². The van der Waals surface area contributed by atoms with Crippen LogP contribution in [0.5, 0.6) is 5.75 Å². The molecule has 3 aromatic heterocycles. The van der Waals surface area contributed by atoms with Crippen LogP contribution in [0.1, 0.15) is 37.1 Å². The molecule has 2 bridgehead atoms. The highest BCUT2D eigenvalue weighted by Crippen LogP contribution is 2.44. The van der Waals surface area contributed by atoms with Crippen LogP contribution in [0, 0.1) is 24.7 Å². The van der Waals surface area contributed by atoms with Gasteiger partial charge in [0.2, 0.25) is 0 Å². The maximum atomic E-state index is 13.6. The van der Waals surface area contributed by atoms with Gasteiger partial charge < -0.3 is 14.2 Å². The zero-order valence-corrected chi connectivity index (χ0v) is 18.8. The molecule has 2 aliphatic rings. The van der Waals surface area contributed by atoms with Gasteiger partial charge in [-0.2, -0.15) is 36.4 Å². The first-order chi connectivity index (χ1) is 16.4. The number of hydrogen-bond donors (Lipinski definition) is 0. The number of anilines is 1. The fraction of sp³-hybridized carbons (Fsp3) is 0.619. The molecule has 1 unspecified atom stereocenters. The first-order valence-corrected chi connectivity index (χ1v) is 11.1. The minimum absolute atomic E-state index is 0.112. The molecule has 0 aromatic carbocycles. The molecule has 35 heavy (non-hydrogen) atoms. The Morgan fingerprint density at radius 2 is 1.77 bits per heavy atom. The van der Waals surface area contributed by atoms with E-state index in [0.29, 0.717) is 41.9 Å². The third-order valence-electron chi connectivity index (χ3n) is 6.78. The fourth-order valence-corrected chi connectivity index (χ4v) is 5.08. The van der Waals surface area contributed by atoms with E-state index in [1.54, 1.807) is 6.92 Å². The van der Waals surface area contributed by atoms with Gasteiger partial charge in [0.15, 0.2) is 29.1 Å². The van der Waals surface area contributed by atoms with Crippen LogP contribution in [-0.4, -0.2) is 50.1 Å². The van der Waals surface area contributed by atoms with Crippen molar-refractivity contribution >= 4 is 11.7 Å². The van der Waals surface area contributed by atoms with Crippen LogP contribution in [0.3, 0.4) is 0 Å². The van der Waals surface area contributed by atoms with Gasteiger partial charge in [-0.05, 0) is 56.6 Å². The molecular weight excluding hydrogens is 482 g/mol. The van der Waals surface area contributed by atoms with E-state index in [9.17, 15) is 26.3 Å². The quantitative estimate of drug-likeness (QED) is 0.474. The number of hydrogen-bond acceptors (Lipinski definition) is 7. The van der Waals surface area contributed by atoms with Crippen molar-refractivity contribution in [2.24, 2.45) is 17.8 Å². The number of ether oxygens (including phenoxy) is 1. The smallest absolute Gasteiger partial charge is 0.433 e. The molecule has 1 saturated heterocycles. The minimum atomic E-state index is -4.77. The van der Waals surface area contributed by atoms with Crippen LogP contribution in [0.25, 0.3) is 5.65 Å². The van der Waals surface area contributed by atoms with Crippen LogP contribution >= 0.6 is 0 Å². The van der Waals surface area contributed by atoms with Gasteiger partial charge in [0.05, 0.1) is 0 Å². The number of halogens is 6. The maximum absolute atomic E-state index is 13.6. The molecule has 1 saturated carbocycles. The molecule has 190 valence electrons. The Morgan fingerprint density at radius 1 is 1.09 bits per heavy atom. The lowest BCUT2D eigenvalue weighted by Crippen LogP contribution is -2.43. The Hall–Kier alpha value is -3.06. The second-order valence-corrected chi connectivity index (χ2v) is 9.14. The van der Waals surface area contributed by atoms with Gasteiger partial charge in [-0.25, -0.2) is 9.50 Å². The van der Waals surface area contributed by atoms with Gasteiger partial charge in [0.1, 0.15) is 5.69 Å². The topological polar surface area (TPSA) is 81.6 Å². The van der Waals surface area contributed by atoms with Gasteiger partial charge in [0, 0.05) is 19.5 Å². The van der Waals surface area contributed by atoms with Crippen LogP contribution in [0.2, 0.25) is 0 Å². The van der Waals surface area contributed by atoms with Crippen LogP contribution in [0.4, 0.5) is 32.4 Å². The predicted octanol–water partition coefficient (Wildman–Crippen LogP) is 4.47. The molecule has 0 radical (unpaired) electrons. The summed E-state index contributed by atoms with van der Waals surface area (Å²) in [6.07, 6.45) is -9.53. The summed E-state index contributed by atoms with van der Waals surface area (Å²) in [6, 6.07) is 1.95. The fourth-order valence-electron chi connectivity index (χ4n) is 5.08. The van der Waals surface area contributed by atoms with E-state index in [1.165, 1.54) is 0 Å². The van der Waals surface area contributed by atoms with Crippen molar-refractivity contribution in [3.63, 3.8) is 0 Å². The maximum Gasteiger partial charge on any atom is 0.433 e. The van der Waals surface area contributed by atoms with Crippen LogP contribution in [0.15, 0.2) is 16.7 Å². The van der Waals surface area contributed by atoms with Gasteiger partial charge in [-0.1, -0.05) is 5.16 Å². The highest BCUT2D eigenvalue weighted by molar-refractivity contribution is 5.54. The molecule has 8 nitrogen and oxygen atoms in total. The zero-order chi connectivity index (χ0) is 25.1. The summed E-state index contributed by atoms with van der Waals surface area (Å²) in [6.45, 7) is 3.82. The highest BCUT2D eigenvalue weighted by atomic mass is 19.4. The summed E-state index contributed by atoms with van der Waals surface area (Å²) >= 11 is 0. The molecule has 5 rings (SSSR count). The van der Waals surface area contributed by atoms with E-state index in [-0.39, 0.29) is 23.6 Å². The zero-order valence-electron chi connectivity index (χ0n) is 18.8. The third kappa shape index (κ3) is 4.49. The first-order valence-electron chi connectivity index (χ1n) is 11.1. The number of aryl methyl sites for hydroxylation is 1. The number of fused-ring (bicyclic) bond motifs is 3. The normalized spacial score (nSPS) is 23.8. The predicted molar refractivity (Wildman–Crippen MR) is 109 cm³/mol. The average Bonchev–Trinajstić information content (AvgIpc) is 3.43. The van der Waals surface area contributed by atoms with Crippen LogP contribution in [-0.2, 0) is 12.6 Å². The molecule has 2 fully saturated rings. The van der Waals surface area contributed by atoms with Gasteiger partial charge in [-0.3, -0.25) is 0 Å². The molecule has 0 amide bonds. The lowest BCUT2D eigenvalue weighted by Gasteiger charge is -2.36. The van der Waals surface area contributed by atoms with Crippen molar-refractivity contribution in [3.05, 3.63) is 29.5 Å². The molecule has 14 heteroatoms. The lowest BCUT2D eigenvalue weighted by atomic mass is 9.82. The second-order valence-electron chi connectivity index (χ2n) is 9.14. The summed E-state index contributed by atoms with van der Waals surface area (Å²) in [7, 11) is 0. The van der Waals surface area contributed by atoms with Crippen LogP contribution < -0.4 is 9.64 Å². The summed E-state index contributed by atoms with van der Waals surface area (Å²) < 4.78 is 90.5. The highest BCUT2D eigenvalue weighted by Gasteiger charge is 2.44. The van der Waals surface area contributed by atoms with Crippen molar-refractivity contribution in [2.45, 2.75) is 51.6 Å². The Labute approximate surface area is 195 Å². The number of nitrogens with zero attached hydrogens (tertiary/aromatic N) is 6. The molecule has 0 spiro atoms. The molecule has 3 aromatic rings. The van der Waals surface area contributed by atoms with Crippen molar-refractivity contribution in [3.8, 4) is 5.75 Å². The standard InChI is InChI=1S/C21H22F6N6O2/c1-10(20(22,23)24)34-15-5-6-16(21(25,26)27)33-18(15)29-17(30-33)7-14-12-3-4-13(14)9-32(8-12)19-28-11(2)31-35-19/h5-6,10,12-14H,3-4,7-9H2,1-2H3/t10-,12-,13+,14?/m1/s1. The van der Waals surface area contributed by atoms with Crippen molar-refractivity contribution in [1.82, 2.24) is 24.7 Å². The monoisotopic (exact) mass is 504 g/mol. The molecule has 0 N–H and O–H groups in total. The van der Waals surface area contributed by atoms with E-state index in [1.807, 2.05) is 4.90 Å². The summed E-state index contributed by atoms with van der Waals surface area (Å²) in [5.74, 6) is 0.801. The van der Waals surface area contributed by atoms with E-state index in [2.05, 4.69) is 20.2 Å². The van der Waals surface area contributed by atoms with Crippen molar-refractivity contribution in [1.29, 1.82) is 0 Å². The average molecular weight is 504 g/mol. The second kappa shape index (κ2) is 8.26. The summed E-state index contributed by atoms with van der Waals surface area (Å²) in [5, 5.41) is 7.87. The molecule has 1 aliphatic carbocycles. The van der Waals surface area contributed by atoms with E-state index in [0.717, 1.165) is 25.8 Å². The van der Waals surface area contributed by atoms with Crippen molar-refractivity contribution < 1.29 is 35.6 Å². The summed E-state index contributed by atoms with van der Waals surface area (Å²) in [5.41, 5.74) is -1.53. The third-order valence-corrected chi connectivity index (χ3v) is 6.78. The number of pyridine rings is 1. The number of aromatic nitrogens is 5. The SMILES string of the molecule is Cc1noc(N2C[C@H]3CC[C@@H](C2)C3Cc2nc3c(O[C@H](C)C(F)(F)F)ccc(C(F)(F)F)n3n2)n1. The lowest BCUT2D eigenvalue weighted by molar-refractivity contribution is -0.189. The van der Waals surface area contributed by atoms with Crippen molar-refractivity contribution in [2.75, 3.05) is 18.0 Å². The Kier molecular flexibility index (Phi) is 5.59. The Bertz CT molecular complexity index is 1210. The number of rotatable bonds is 5. The number of piperidine rings is 1. The molecule has 4 heterocycles. The first kappa shape index (κ1) is 23.7. The molecular formula is C21H22F6N6O2. The van der Waals surface area contributed by atoms with E-state index < -0.39 is 35.5 Å². The summed E-state index contributed by atoms with van der Waals surface area (Å²) in [4.78, 5) is 10.5. The molecule has 1 aliphatic heterocycles. The van der Waals surface area contributed by atoms with Gasteiger partial charge >= 0.3 is 18.4 Å². The Balaban J connectivity index is 1.42. The minimum Gasteiger partial charge on any atom is -0.477 e.